The molecule has 5 heteroatoms. The maximum absolute atomic E-state index is 12.0. The van der Waals surface area contributed by atoms with Gasteiger partial charge in [0, 0.05) is 12.5 Å². The molecule has 0 radical (unpaired) electrons. The molecule has 0 spiro atoms. The molecule has 0 bridgehead atoms. The number of halogens is 3. The van der Waals surface area contributed by atoms with Crippen molar-refractivity contribution in [2.45, 2.75) is 57.3 Å². The van der Waals surface area contributed by atoms with Crippen LogP contribution in [-0.4, -0.2) is 41.4 Å². The molecule has 1 fully saturated rings. The van der Waals surface area contributed by atoms with Gasteiger partial charge in [0.15, 0.2) is 0 Å². The molecule has 2 atom stereocenters. The highest BCUT2D eigenvalue weighted by molar-refractivity contribution is 4.80. The van der Waals surface area contributed by atoms with Gasteiger partial charge in [-0.3, -0.25) is 0 Å². The van der Waals surface area contributed by atoms with E-state index in [9.17, 15) is 18.3 Å². The van der Waals surface area contributed by atoms with Crippen LogP contribution in [0.15, 0.2) is 0 Å². The Hall–Kier alpha value is -0.290. The number of hydrogen-bond donors (Lipinski definition) is 1. The zero-order valence-electron chi connectivity index (χ0n) is 9.63. The Bertz CT molecular complexity index is 206. The summed E-state index contributed by atoms with van der Waals surface area (Å²) in [6.45, 7) is 3.10. The van der Waals surface area contributed by atoms with Crippen LogP contribution in [0.5, 0.6) is 0 Å². The molecule has 0 aromatic rings. The first kappa shape index (κ1) is 13.8. The number of aliphatic hydroxyl groups excluding tert-OH is 1. The summed E-state index contributed by atoms with van der Waals surface area (Å²) in [5.41, 5.74) is 0. The highest BCUT2D eigenvalue weighted by Crippen LogP contribution is 2.25. The molecule has 16 heavy (non-hydrogen) atoms. The largest absolute Gasteiger partial charge is 0.393 e. The van der Waals surface area contributed by atoms with Gasteiger partial charge in [-0.1, -0.05) is 0 Å². The van der Waals surface area contributed by atoms with E-state index in [-0.39, 0.29) is 18.6 Å². The van der Waals surface area contributed by atoms with Gasteiger partial charge in [-0.25, -0.2) is 0 Å². The summed E-state index contributed by atoms with van der Waals surface area (Å²) in [6, 6.07) is 0.272. The molecule has 2 unspecified atom stereocenters. The van der Waals surface area contributed by atoms with Gasteiger partial charge < -0.3 is 10.0 Å². The summed E-state index contributed by atoms with van der Waals surface area (Å²) in [4.78, 5) is 2.08. The maximum atomic E-state index is 12.0. The fourth-order valence-electron chi connectivity index (χ4n) is 2.33. The van der Waals surface area contributed by atoms with Gasteiger partial charge in [-0.05, 0) is 45.7 Å². The van der Waals surface area contributed by atoms with Crippen LogP contribution in [0.1, 0.15) is 39.0 Å². The van der Waals surface area contributed by atoms with E-state index < -0.39 is 12.6 Å². The fourth-order valence-corrected chi connectivity index (χ4v) is 2.33. The molecular formula is C11H20F3NO. The first-order chi connectivity index (χ1) is 7.38. The van der Waals surface area contributed by atoms with Gasteiger partial charge in [0.05, 0.1) is 6.10 Å². The second-order valence-electron chi connectivity index (χ2n) is 4.64. The van der Waals surface area contributed by atoms with Crippen molar-refractivity contribution in [2.75, 3.05) is 13.1 Å². The van der Waals surface area contributed by atoms with Gasteiger partial charge >= 0.3 is 6.18 Å². The topological polar surface area (TPSA) is 23.5 Å². The van der Waals surface area contributed by atoms with Crippen LogP contribution in [-0.2, 0) is 0 Å². The molecule has 1 rings (SSSR count). The van der Waals surface area contributed by atoms with E-state index in [0.29, 0.717) is 13.0 Å². The lowest BCUT2D eigenvalue weighted by molar-refractivity contribution is -0.136. The molecule has 1 heterocycles. The van der Waals surface area contributed by atoms with Crippen molar-refractivity contribution in [2.24, 2.45) is 0 Å². The van der Waals surface area contributed by atoms with Crippen molar-refractivity contribution < 1.29 is 18.3 Å². The third kappa shape index (κ3) is 5.16. The number of likely N-dealkylation sites (tertiary alicyclic amines) is 1. The van der Waals surface area contributed by atoms with Crippen molar-refractivity contribution in [3.05, 3.63) is 0 Å². The Morgan fingerprint density at radius 3 is 2.69 bits per heavy atom. The Balaban J connectivity index is 2.25. The molecular weight excluding hydrogens is 219 g/mol. The molecule has 0 aliphatic carbocycles. The molecule has 1 saturated heterocycles. The molecule has 0 aromatic heterocycles. The van der Waals surface area contributed by atoms with Crippen LogP contribution in [0.3, 0.4) is 0 Å². The third-order valence-corrected chi connectivity index (χ3v) is 3.02. The average molecular weight is 239 g/mol. The summed E-state index contributed by atoms with van der Waals surface area (Å²) >= 11 is 0. The molecule has 1 aliphatic heterocycles. The Kier molecular flexibility index (Phi) is 5.05. The molecule has 0 saturated carbocycles. The predicted molar refractivity (Wildman–Crippen MR) is 56.2 cm³/mol. The lowest BCUT2D eigenvalue weighted by Crippen LogP contribution is -2.33. The molecule has 0 amide bonds. The van der Waals surface area contributed by atoms with E-state index in [1.165, 1.54) is 0 Å². The van der Waals surface area contributed by atoms with Gasteiger partial charge in [0.1, 0.15) is 0 Å². The minimum Gasteiger partial charge on any atom is -0.393 e. The van der Waals surface area contributed by atoms with Crippen LogP contribution in [0.25, 0.3) is 0 Å². The number of alkyl halides is 3. The number of aliphatic hydroxyl groups is 1. The van der Waals surface area contributed by atoms with Crippen LogP contribution < -0.4 is 0 Å². The minimum absolute atomic E-state index is 0.166. The Labute approximate surface area is 94.4 Å². The third-order valence-electron chi connectivity index (χ3n) is 3.02. The quantitative estimate of drug-likeness (QED) is 0.797. The average Bonchev–Trinajstić information content (AvgIpc) is 2.49. The lowest BCUT2D eigenvalue weighted by atomic mass is 10.1. The van der Waals surface area contributed by atoms with E-state index >= 15 is 0 Å². The lowest BCUT2D eigenvalue weighted by Gasteiger charge is -2.25. The standard InChI is InChI=1S/C11H20F3NO/c1-9(16)8-10-4-2-6-15(10)7-3-5-11(12,13)14/h9-10,16H,2-8H2,1H3. The normalized spacial score (nSPS) is 24.9. The first-order valence-corrected chi connectivity index (χ1v) is 5.87. The molecule has 96 valence electrons. The van der Waals surface area contributed by atoms with Crippen molar-refractivity contribution in [3.63, 3.8) is 0 Å². The van der Waals surface area contributed by atoms with E-state index in [1.54, 1.807) is 6.92 Å². The molecule has 2 nitrogen and oxygen atoms in total. The van der Waals surface area contributed by atoms with Crippen molar-refractivity contribution in [3.8, 4) is 0 Å². The summed E-state index contributed by atoms with van der Waals surface area (Å²) in [6.07, 6.45) is -2.25. The fraction of sp³-hybridized carbons (Fsp3) is 1.00. The second-order valence-corrected chi connectivity index (χ2v) is 4.64. The van der Waals surface area contributed by atoms with E-state index in [0.717, 1.165) is 19.4 Å². The smallest absolute Gasteiger partial charge is 0.389 e. The monoisotopic (exact) mass is 239 g/mol. The molecule has 1 aliphatic rings. The van der Waals surface area contributed by atoms with Gasteiger partial charge in [0.25, 0.3) is 0 Å². The minimum atomic E-state index is -4.04. The van der Waals surface area contributed by atoms with Gasteiger partial charge in [-0.2, -0.15) is 13.2 Å². The Morgan fingerprint density at radius 2 is 2.12 bits per heavy atom. The zero-order valence-corrected chi connectivity index (χ0v) is 9.63. The van der Waals surface area contributed by atoms with Crippen molar-refractivity contribution in [1.82, 2.24) is 4.90 Å². The summed E-state index contributed by atoms with van der Waals surface area (Å²) in [5.74, 6) is 0. The van der Waals surface area contributed by atoms with Crippen LogP contribution in [0.2, 0.25) is 0 Å². The summed E-state index contributed by atoms with van der Waals surface area (Å²) in [7, 11) is 0. The second kappa shape index (κ2) is 5.87. The van der Waals surface area contributed by atoms with Crippen LogP contribution in [0.4, 0.5) is 13.2 Å². The predicted octanol–water partition coefficient (Wildman–Crippen LogP) is 2.56. The number of nitrogens with zero attached hydrogens (tertiary/aromatic N) is 1. The van der Waals surface area contributed by atoms with Crippen LogP contribution in [0, 0.1) is 0 Å². The highest BCUT2D eigenvalue weighted by Gasteiger charge is 2.29. The van der Waals surface area contributed by atoms with E-state index in [1.807, 2.05) is 0 Å². The SMILES string of the molecule is CC(O)CC1CCCN1CCCC(F)(F)F. The summed E-state index contributed by atoms with van der Waals surface area (Å²) < 4.78 is 35.9. The zero-order chi connectivity index (χ0) is 12.2. The maximum Gasteiger partial charge on any atom is 0.389 e. The number of rotatable bonds is 5. The molecule has 1 N–H and O–H groups in total. The van der Waals surface area contributed by atoms with Gasteiger partial charge in [0.2, 0.25) is 0 Å². The highest BCUT2D eigenvalue weighted by atomic mass is 19.4. The Morgan fingerprint density at radius 1 is 1.44 bits per heavy atom. The van der Waals surface area contributed by atoms with Crippen molar-refractivity contribution >= 4 is 0 Å². The van der Waals surface area contributed by atoms with E-state index in [4.69, 9.17) is 0 Å². The van der Waals surface area contributed by atoms with E-state index in [2.05, 4.69) is 4.90 Å². The first-order valence-electron chi connectivity index (χ1n) is 5.87. The summed E-state index contributed by atoms with van der Waals surface area (Å²) in [5, 5.41) is 9.28. The van der Waals surface area contributed by atoms with Gasteiger partial charge in [-0.15, -0.1) is 0 Å². The van der Waals surface area contributed by atoms with Crippen LogP contribution >= 0.6 is 0 Å². The number of hydrogen-bond acceptors (Lipinski definition) is 2. The van der Waals surface area contributed by atoms with Crippen molar-refractivity contribution in [1.29, 1.82) is 0 Å². The molecule has 0 aromatic carbocycles.